The Morgan fingerprint density at radius 1 is 1.00 bits per heavy atom. The maximum Gasteiger partial charge on any atom is 0.308 e. The molecule has 0 bridgehead atoms. The molecule has 0 aromatic heterocycles. The minimum absolute atomic E-state index is 0.0432. The van der Waals surface area contributed by atoms with E-state index in [0.717, 1.165) is 22.6 Å². The Morgan fingerprint density at radius 2 is 1.69 bits per heavy atom. The van der Waals surface area contributed by atoms with Gasteiger partial charge in [0.25, 0.3) is 5.91 Å². The summed E-state index contributed by atoms with van der Waals surface area (Å²) in [7, 11) is 1.62. The van der Waals surface area contributed by atoms with E-state index < -0.39 is 11.2 Å². The second-order valence-corrected chi connectivity index (χ2v) is 10.1. The van der Waals surface area contributed by atoms with Gasteiger partial charge in [0.15, 0.2) is 5.17 Å². The largest absolute Gasteiger partial charge is 0.497 e. The van der Waals surface area contributed by atoms with Gasteiger partial charge in [-0.3, -0.25) is 14.4 Å². The van der Waals surface area contributed by atoms with Crippen molar-refractivity contribution in [1.82, 2.24) is 5.01 Å². The number of aliphatic imine (C=N–C) groups is 1. The monoisotopic (exact) mass is 542 g/mol. The fourth-order valence-electron chi connectivity index (χ4n) is 4.33. The molecule has 198 valence electrons. The van der Waals surface area contributed by atoms with Crippen molar-refractivity contribution in [1.29, 1.82) is 0 Å². The van der Waals surface area contributed by atoms with Gasteiger partial charge in [-0.25, -0.2) is 5.01 Å². The number of hydrogen-bond donors (Lipinski definition) is 1. The predicted octanol–water partition coefficient (Wildman–Crippen LogP) is 4.80. The van der Waals surface area contributed by atoms with Crippen LogP contribution in [-0.2, 0) is 14.4 Å². The number of benzene rings is 3. The van der Waals surface area contributed by atoms with E-state index in [9.17, 15) is 14.4 Å². The highest BCUT2D eigenvalue weighted by molar-refractivity contribution is 8.15. The number of esters is 1. The summed E-state index contributed by atoms with van der Waals surface area (Å²) in [6, 6.07) is 23.9. The molecule has 2 aliphatic heterocycles. The van der Waals surface area contributed by atoms with Crippen molar-refractivity contribution in [3.63, 3.8) is 0 Å². The molecule has 0 fully saturated rings. The van der Waals surface area contributed by atoms with Crippen LogP contribution in [0.2, 0.25) is 0 Å². The van der Waals surface area contributed by atoms with Gasteiger partial charge in [-0.15, -0.1) is 0 Å². The van der Waals surface area contributed by atoms with Crippen LogP contribution < -0.4 is 14.8 Å². The normalized spacial score (nSPS) is 18.4. The van der Waals surface area contributed by atoms with Crippen molar-refractivity contribution in [2.24, 2.45) is 10.1 Å². The molecule has 2 amide bonds. The number of carbonyl (C=O) groups is 3. The van der Waals surface area contributed by atoms with E-state index in [1.807, 2.05) is 54.6 Å². The van der Waals surface area contributed by atoms with Gasteiger partial charge < -0.3 is 14.8 Å². The first-order chi connectivity index (χ1) is 18.9. The Bertz CT molecular complexity index is 1440. The van der Waals surface area contributed by atoms with Gasteiger partial charge in [-0.2, -0.15) is 10.1 Å². The van der Waals surface area contributed by atoms with Crippen molar-refractivity contribution in [3.8, 4) is 11.5 Å². The Kier molecular flexibility index (Phi) is 7.74. The maximum absolute atomic E-state index is 12.8. The molecule has 0 radical (unpaired) electrons. The standard InChI is InChI=1S/C29H26N4O5S/c1-18(34)38-23-14-10-21(11-15-23)30-27(35)17-26-28(36)31-29(39-26)33-25(20-8-12-22(37-2)13-9-20)16-24(32-33)19-6-4-3-5-7-19/h3-15,25-26H,16-17H2,1-2H3,(H,30,35). The van der Waals surface area contributed by atoms with Crippen molar-refractivity contribution in [2.75, 3.05) is 12.4 Å². The summed E-state index contributed by atoms with van der Waals surface area (Å²) >= 11 is 1.24. The molecule has 9 nitrogen and oxygen atoms in total. The molecule has 3 aromatic rings. The Balaban J connectivity index is 1.29. The SMILES string of the molecule is COc1ccc(C2CC(c3ccccc3)=NN2C2=NC(=O)C(CC(=O)Nc3ccc(OC(C)=O)cc3)S2)cc1. The lowest BCUT2D eigenvalue weighted by atomic mass is 9.98. The van der Waals surface area contributed by atoms with Crippen LogP contribution in [0, 0.1) is 0 Å². The summed E-state index contributed by atoms with van der Waals surface area (Å²) in [6.07, 6.45) is 0.594. The van der Waals surface area contributed by atoms with Crippen LogP contribution in [0.4, 0.5) is 5.69 Å². The number of rotatable bonds is 7. The summed E-state index contributed by atoms with van der Waals surface area (Å²) in [6.45, 7) is 1.32. The number of methoxy groups -OCH3 is 1. The number of thioether (sulfide) groups is 1. The lowest BCUT2D eigenvalue weighted by molar-refractivity contribution is -0.131. The number of ether oxygens (including phenoxy) is 2. The second-order valence-electron chi connectivity index (χ2n) is 8.96. The van der Waals surface area contributed by atoms with Gasteiger partial charge in [0.1, 0.15) is 16.7 Å². The topological polar surface area (TPSA) is 110 Å². The molecular formula is C29H26N4O5S. The average Bonchev–Trinajstić information content (AvgIpc) is 3.54. The third kappa shape index (κ3) is 6.18. The molecule has 2 aliphatic rings. The van der Waals surface area contributed by atoms with Gasteiger partial charge in [0.05, 0.1) is 18.9 Å². The van der Waals surface area contributed by atoms with Crippen molar-refractivity contribution < 1.29 is 23.9 Å². The minimum Gasteiger partial charge on any atom is -0.497 e. The Labute approximate surface area is 229 Å². The molecule has 2 atom stereocenters. The zero-order chi connectivity index (χ0) is 27.4. The van der Waals surface area contributed by atoms with Gasteiger partial charge in [0.2, 0.25) is 5.91 Å². The van der Waals surface area contributed by atoms with Crippen LogP contribution in [0.25, 0.3) is 0 Å². The molecule has 1 N–H and O–H groups in total. The molecule has 0 aliphatic carbocycles. The van der Waals surface area contributed by atoms with E-state index in [1.165, 1.54) is 18.7 Å². The number of hydrogen-bond acceptors (Lipinski definition) is 8. The van der Waals surface area contributed by atoms with E-state index >= 15 is 0 Å². The zero-order valence-corrected chi connectivity index (χ0v) is 22.2. The van der Waals surface area contributed by atoms with E-state index in [0.29, 0.717) is 23.0 Å². The lowest BCUT2D eigenvalue weighted by Crippen LogP contribution is -2.25. The number of carbonyl (C=O) groups excluding carboxylic acids is 3. The molecule has 0 saturated carbocycles. The van der Waals surface area contributed by atoms with E-state index in [-0.39, 0.29) is 24.3 Å². The zero-order valence-electron chi connectivity index (χ0n) is 21.4. The van der Waals surface area contributed by atoms with Crippen LogP contribution in [0.3, 0.4) is 0 Å². The molecule has 0 saturated heterocycles. The average molecular weight is 543 g/mol. The van der Waals surface area contributed by atoms with Gasteiger partial charge in [-0.1, -0.05) is 54.2 Å². The number of amidine groups is 1. The summed E-state index contributed by atoms with van der Waals surface area (Å²) in [5.74, 6) is 0.0213. The van der Waals surface area contributed by atoms with Gasteiger partial charge in [0, 0.05) is 25.5 Å². The summed E-state index contributed by atoms with van der Waals surface area (Å²) in [5, 5.41) is 9.24. The third-order valence-corrected chi connectivity index (χ3v) is 7.36. The van der Waals surface area contributed by atoms with Crippen LogP contribution in [0.15, 0.2) is 89.0 Å². The second kappa shape index (κ2) is 11.5. The fraction of sp³-hybridized carbons (Fsp3) is 0.207. The minimum atomic E-state index is -0.659. The van der Waals surface area contributed by atoms with Crippen LogP contribution >= 0.6 is 11.8 Å². The summed E-state index contributed by atoms with van der Waals surface area (Å²) in [5.41, 5.74) is 3.44. The molecule has 2 heterocycles. The number of hydrazone groups is 1. The molecule has 10 heteroatoms. The third-order valence-electron chi connectivity index (χ3n) is 6.21. The first-order valence-electron chi connectivity index (χ1n) is 12.3. The summed E-state index contributed by atoms with van der Waals surface area (Å²) in [4.78, 5) is 40.9. The number of anilines is 1. The number of nitrogens with one attached hydrogen (secondary N) is 1. The van der Waals surface area contributed by atoms with E-state index in [2.05, 4.69) is 10.3 Å². The van der Waals surface area contributed by atoms with Gasteiger partial charge in [-0.05, 0) is 47.5 Å². The first-order valence-corrected chi connectivity index (χ1v) is 13.2. The molecule has 2 unspecified atom stereocenters. The first kappa shape index (κ1) is 26.2. The van der Waals surface area contributed by atoms with E-state index in [1.54, 1.807) is 36.4 Å². The van der Waals surface area contributed by atoms with Crippen molar-refractivity contribution >= 4 is 46.1 Å². The highest BCUT2D eigenvalue weighted by atomic mass is 32.2. The van der Waals surface area contributed by atoms with Crippen molar-refractivity contribution in [2.45, 2.75) is 31.1 Å². The number of amides is 2. The van der Waals surface area contributed by atoms with Gasteiger partial charge >= 0.3 is 5.97 Å². The smallest absolute Gasteiger partial charge is 0.308 e. The lowest BCUT2D eigenvalue weighted by Gasteiger charge is -2.23. The van der Waals surface area contributed by atoms with Crippen LogP contribution in [0.1, 0.15) is 36.9 Å². The molecule has 3 aromatic carbocycles. The number of nitrogens with zero attached hydrogens (tertiary/aromatic N) is 3. The molecule has 5 rings (SSSR count). The molecule has 0 spiro atoms. The van der Waals surface area contributed by atoms with Crippen LogP contribution in [0.5, 0.6) is 11.5 Å². The Hall–Kier alpha value is -4.44. The van der Waals surface area contributed by atoms with E-state index in [4.69, 9.17) is 14.6 Å². The molecular weight excluding hydrogens is 516 g/mol. The van der Waals surface area contributed by atoms with Crippen molar-refractivity contribution in [3.05, 3.63) is 90.0 Å². The fourth-order valence-corrected chi connectivity index (χ4v) is 5.40. The highest BCUT2D eigenvalue weighted by Gasteiger charge is 2.39. The quantitative estimate of drug-likeness (QED) is 0.337. The highest BCUT2D eigenvalue weighted by Crippen LogP contribution is 2.39. The summed E-state index contributed by atoms with van der Waals surface area (Å²) < 4.78 is 10.3. The molecule has 39 heavy (non-hydrogen) atoms. The Morgan fingerprint density at radius 3 is 2.36 bits per heavy atom. The predicted molar refractivity (Wildman–Crippen MR) is 150 cm³/mol. The maximum atomic E-state index is 12.8. The van der Waals surface area contributed by atoms with Crippen LogP contribution in [-0.4, -0.2) is 46.0 Å².